The van der Waals surface area contributed by atoms with E-state index in [1.807, 2.05) is 68.4 Å². The Kier molecular flexibility index (Phi) is 11.6. The smallest absolute Gasteiger partial charge is 0.244 e. The molecule has 0 aliphatic rings. The van der Waals surface area contributed by atoms with Crippen LogP contribution in [-0.2, 0) is 32.6 Å². The molecule has 3 rings (SSSR count). The molecule has 0 aromatic heterocycles. The first-order valence-electron chi connectivity index (χ1n) is 13.5. The number of nitrogens with zero attached hydrogens (tertiary/aromatic N) is 2. The average molecular weight is 600 g/mol. The van der Waals surface area contributed by atoms with Gasteiger partial charge in [0, 0.05) is 24.5 Å². The molecule has 1 unspecified atom stereocenters. The van der Waals surface area contributed by atoms with Gasteiger partial charge in [0.1, 0.15) is 18.3 Å². The van der Waals surface area contributed by atoms with Crippen LogP contribution in [0.3, 0.4) is 0 Å². The monoisotopic (exact) mass is 599 g/mol. The van der Waals surface area contributed by atoms with E-state index in [4.69, 9.17) is 16.3 Å². The van der Waals surface area contributed by atoms with Crippen molar-refractivity contribution in [3.8, 4) is 5.75 Å². The highest BCUT2D eigenvalue weighted by Gasteiger charge is 2.34. The van der Waals surface area contributed by atoms with Crippen molar-refractivity contribution in [3.63, 3.8) is 0 Å². The Balaban J connectivity index is 2.09. The number of hydrogen-bond acceptors (Lipinski definition) is 5. The number of ether oxygens (including phenoxy) is 1. The van der Waals surface area contributed by atoms with Crippen LogP contribution in [0, 0.1) is 6.92 Å². The fourth-order valence-electron chi connectivity index (χ4n) is 4.48. The zero-order valence-corrected chi connectivity index (χ0v) is 25.5. The van der Waals surface area contributed by atoms with E-state index in [0.29, 0.717) is 6.54 Å². The van der Waals surface area contributed by atoms with Crippen molar-refractivity contribution in [2.24, 2.45) is 0 Å². The molecule has 10 heteroatoms. The zero-order chi connectivity index (χ0) is 30.0. The summed E-state index contributed by atoms with van der Waals surface area (Å²) in [6.45, 7) is 4.02. The van der Waals surface area contributed by atoms with E-state index >= 15 is 0 Å². The molecule has 0 bridgehead atoms. The number of amides is 2. The van der Waals surface area contributed by atoms with E-state index in [1.165, 1.54) is 18.1 Å². The molecule has 0 spiro atoms. The number of benzene rings is 3. The van der Waals surface area contributed by atoms with Gasteiger partial charge >= 0.3 is 0 Å². The molecule has 0 heterocycles. The quantitative estimate of drug-likeness (QED) is 0.264. The summed E-state index contributed by atoms with van der Waals surface area (Å²) in [6.07, 6.45) is 2.98. The lowest BCUT2D eigenvalue weighted by atomic mass is 10.0. The van der Waals surface area contributed by atoms with Gasteiger partial charge in [-0.05, 0) is 48.2 Å². The Labute approximate surface area is 248 Å². The highest BCUT2D eigenvalue weighted by atomic mass is 35.5. The number of rotatable bonds is 14. The number of unbranched alkanes of at least 4 members (excludes halogenated alkanes) is 1. The summed E-state index contributed by atoms with van der Waals surface area (Å²) >= 11 is 6.21. The Morgan fingerprint density at radius 2 is 1.71 bits per heavy atom. The van der Waals surface area contributed by atoms with Crippen LogP contribution in [0.2, 0.25) is 5.02 Å². The minimum atomic E-state index is -3.95. The summed E-state index contributed by atoms with van der Waals surface area (Å²) in [5.41, 5.74) is 2.82. The molecule has 1 N–H and O–H groups in total. The molecule has 0 aliphatic carbocycles. The largest absolute Gasteiger partial charge is 0.495 e. The van der Waals surface area contributed by atoms with E-state index in [9.17, 15) is 18.0 Å². The maximum Gasteiger partial charge on any atom is 0.244 e. The van der Waals surface area contributed by atoms with Crippen molar-refractivity contribution < 1.29 is 22.7 Å². The van der Waals surface area contributed by atoms with Gasteiger partial charge in [0.2, 0.25) is 21.8 Å². The fourth-order valence-corrected chi connectivity index (χ4v) is 5.50. The van der Waals surface area contributed by atoms with Crippen molar-refractivity contribution in [1.82, 2.24) is 10.2 Å². The second-order valence-corrected chi connectivity index (χ2v) is 12.2. The highest BCUT2D eigenvalue weighted by Crippen LogP contribution is 2.33. The lowest BCUT2D eigenvalue weighted by molar-refractivity contribution is -0.140. The second kappa shape index (κ2) is 14.9. The van der Waals surface area contributed by atoms with Crippen molar-refractivity contribution in [2.75, 3.05) is 30.8 Å². The fraction of sp³-hybridized carbons (Fsp3) is 0.355. The summed E-state index contributed by atoms with van der Waals surface area (Å²) in [5, 5.41) is 3.27. The number of halogens is 1. The Morgan fingerprint density at radius 3 is 2.34 bits per heavy atom. The second-order valence-electron chi connectivity index (χ2n) is 9.88. The number of nitrogens with one attached hydrogen (secondary N) is 1. The Hall–Kier alpha value is -3.56. The topological polar surface area (TPSA) is 96.0 Å². The number of anilines is 1. The van der Waals surface area contributed by atoms with Gasteiger partial charge in [-0.25, -0.2) is 8.42 Å². The van der Waals surface area contributed by atoms with Gasteiger partial charge in [0.05, 0.1) is 19.1 Å². The molecule has 8 nitrogen and oxygen atoms in total. The SMILES string of the molecule is CCCCNC(=O)C(Cc1ccccc1)N(Cc1ccccc1C)C(=O)CN(c1cc(Cl)ccc1OC)S(C)(=O)=O. The molecule has 0 radical (unpaired) electrons. The number of sulfonamides is 1. The lowest BCUT2D eigenvalue weighted by Gasteiger charge is -2.34. The van der Waals surface area contributed by atoms with Gasteiger partial charge in [-0.15, -0.1) is 0 Å². The number of methoxy groups -OCH3 is 1. The minimum absolute atomic E-state index is 0.120. The van der Waals surface area contributed by atoms with E-state index < -0.39 is 28.5 Å². The lowest BCUT2D eigenvalue weighted by Crippen LogP contribution is -2.53. The van der Waals surface area contributed by atoms with Gasteiger partial charge < -0.3 is 15.0 Å². The van der Waals surface area contributed by atoms with E-state index in [0.717, 1.165) is 40.1 Å². The summed E-state index contributed by atoms with van der Waals surface area (Å²) in [5.74, 6) is -0.584. The van der Waals surface area contributed by atoms with Gasteiger partial charge in [0.15, 0.2) is 0 Å². The summed E-state index contributed by atoms with van der Waals surface area (Å²) in [6, 6.07) is 20.8. The van der Waals surface area contributed by atoms with Crippen LogP contribution in [0.4, 0.5) is 5.69 Å². The van der Waals surface area contributed by atoms with Crippen LogP contribution in [0.1, 0.15) is 36.5 Å². The first-order valence-corrected chi connectivity index (χ1v) is 15.7. The first-order chi connectivity index (χ1) is 19.5. The molecule has 3 aromatic carbocycles. The van der Waals surface area contributed by atoms with Crippen molar-refractivity contribution in [1.29, 1.82) is 0 Å². The standard InChI is InChI=1S/C31H38ClN3O5S/c1-5-6-18-33-31(37)28(19-24-13-8-7-9-14-24)34(21-25-15-11-10-12-23(25)2)30(36)22-35(41(4,38)39)27-20-26(32)16-17-29(27)40-3/h7-17,20,28H,5-6,18-19,21-22H2,1-4H3,(H,33,37). The summed E-state index contributed by atoms with van der Waals surface area (Å²) in [4.78, 5) is 29.4. The zero-order valence-electron chi connectivity index (χ0n) is 24.0. The van der Waals surface area contributed by atoms with Crippen molar-refractivity contribution >= 4 is 39.1 Å². The summed E-state index contributed by atoms with van der Waals surface area (Å²) in [7, 11) is -2.54. The van der Waals surface area contributed by atoms with Gasteiger partial charge in [-0.1, -0.05) is 79.5 Å². The maximum atomic E-state index is 14.2. The highest BCUT2D eigenvalue weighted by molar-refractivity contribution is 7.92. The molecule has 220 valence electrons. The molecule has 0 saturated carbocycles. The molecule has 0 fully saturated rings. The van der Waals surface area contributed by atoms with Crippen LogP contribution in [-0.4, -0.2) is 57.6 Å². The van der Waals surface area contributed by atoms with Crippen LogP contribution >= 0.6 is 11.6 Å². The number of carbonyl (C=O) groups is 2. The van der Waals surface area contributed by atoms with E-state index in [2.05, 4.69) is 5.32 Å². The number of carbonyl (C=O) groups excluding carboxylic acids is 2. The molecular weight excluding hydrogens is 562 g/mol. The molecule has 1 atom stereocenters. The number of hydrogen-bond donors (Lipinski definition) is 1. The third kappa shape index (κ3) is 8.96. The summed E-state index contributed by atoms with van der Waals surface area (Å²) < 4.78 is 32.4. The van der Waals surface area contributed by atoms with Crippen LogP contribution in [0.15, 0.2) is 72.8 Å². The van der Waals surface area contributed by atoms with Crippen LogP contribution in [0.5, 0.6) is 5.75 Å². The van der Waals surface area contributed by atoms with E-state index in [1.54, 1.807) is 12.1 Å². The molecule has 0 saturated heterocycles. The third-order valence-electron chi connectivity index (χ3n) is 6.79. The normalized spacial score (nSPS) is 11.9. The molecular formula is C31H38ClN3O5S. The Bertz CT molecular complexity index is 1430. The van der Waals surface area contributed by atoms with Gasteiger partial charge in [0.25, 0.3) is 0 Å². The average Bonchev–Trinajstić information content (AvgIpc) is 2.94. The Morgan fingerprint density at radius 1 is 1.02 bits per heavy atom. The molecule has 0 aliphatic heterocycles. The van der Waals surface area contributed by atoms with Crippen molar-refractivity contribution in [3.05, 3.63) is 94.5 Å². The van der Waals surface area contributed by atoms with Crippen LogP contribution < -0.4 is 14.4 Å². The van der Waals surface area contributed by atoms with Gasteiger partial charge in [-0.3, -0.25) is 13.9 Å². The van der Waals surface area contributed by atoms with E-state index in [-0.39, 0.29) is 35.3 Å². The maximum absolute atomic E-state index is 14.2. The minimum Gasteiger partial charge on any atom is -0.495 e. The molecule has 41 heavy (non-hydrogen) atoms. The predicted molar refractivity (Wildman–Crippen MR) is 164 cm³/mol. The van der Waals surface area contributed by atoms with Crippen LogP contribution in [0.25, 0.3) is 0 Å². The predicted octanol–water partition coefficient (Wildman–Crippen LogP) is 4.98. The van der Waals surface area contributed by atoms with Crippen molar-refractivity contribution in [2.45, 2.75) is 45.7 Å². The van der Waals surface area contributed by atoms with Gasteiger partial charge in [-0.2, -0.15) is 0 Å². The third-order valence-corrected chi connectivity index (χ3v) is 8.15. The molecule has 3 aromatic rings. The first kappa shape index (κ1) is 32.0. The molecule has 2 amide bonds. The number of aryl methyl sites for hydroxylation is 1.